The van der Waals surface area contributed by atoms with Crippen molar-refractivity contribution in [2.45, 2.75) is 77.0 Å². The van der Waals surface area contributed by atoms with Crippen LogP contribution in [0.25, 0.3) is 0 Å². The molecule has 1 rings (SSSR count). The van der Waals surface area contributed by atoms with Crippen LogP contribution in [0.1, 0.15) is 77.0 Å². The summed E-state index contributed by atoms with van der Waals surface area (Å²) in [7, 11) is 0. The Morgan fingerprint density at radius 2 is 1.35 bits per heavy atom. The summed E-state index contributed by atoms with van der Waals surface area (Å²) in [4.78, 5) is 4.17. The Morgan fingerprint density at radius 3 is 1.87 bits per heavy atom. The van der Waals surface area contributed by atoms with Crippen molar-refractivity contribution in [3.8, 4) is 5.88 Å². The van der Waals surface area contributed by atoms with Crippen LogP contribution in [0.4, 0.5) is 0 Å². The van der Waals surface area contributed by atoms with Crippen LogP contribution in [0.5, 0.6) is 5.88 Å². The fourth-order valence-corrected chi connectivity index (χ4v) is 2.94. The van der Waals surface area contributed by atoms with Crippen molar-refractivity contribution in [2.24, 2.45) is 0 Å². The van der Waals surface area contributed by atoms with Gasteiger partial charge in [-0.2, -0.15) is 0 Å². The van der Waals surface area contributed by atoms with E-state index in [1.54, 1.807) is 6.20 Å². The fraction of sp³-hybridized carbons (Fsp3) is 0.737. The lowest BCUT2D eigenvalue weighted by Gasteiger charge is -2.05. The van der Waals surface area contributed by atoms with Crippen LogP contribution in [0.2, 0.25) is 0 Å². The SMILES string of the molecule is OCCCCCCCCCCCCCCOc1cc(Br)ccn1. The number of aromatic nitrogens is 1. The lowest BCUT2D eigenvalue weighted by atomic mass is 10.1. The fourth-order valence-electron chi connectivity index (χ4n) is 2.62. The Morgan fingerprint density at radius 1 is 0.826 bits per heavy atom. The molecule has 0 spiro atoms. The number of aliphatic hydroxyl groups excluding tert-OH is 1. The highest BCUT2D eigenvalue weighted by Crippen LogP contribution is 2.15. The quantitative estimate of drug-likeness (QED) is 0.382. The molecule has 0 aliphatic carbocycles. The van der Waals surface area contributed by atoms with Gasteiger partial charge in [0.25, 0.3) is 0 Å². The highest BCUT2D eigenvalue weighted by molar-refractivity contribution is 9.10. The van der Waals surface area contributed by atoms with E-state index in [9.17, 15) is 0 Å². The third-order valence-corrected chi connectivity index (χ3v) is 4.49. The Hall–Kier alpha value is -0.610. The van der Waals surface area contributed by atoms with E-state index in [4.69, 9.17) is 9.84 Å². The van der Waals surface area contributed by atoms with Crippen LogP contribution in [-0.4, -0.2) is 23.3 Å². The molecular formula is C19H32BrNO2. The van der Waals surface area contributed by atoms with Gasteiger partial charge in [-0.25, -0.2) is 4.98 Å². The first-order valence-corrected chi connectivity index (χ1v) is 9.97. The molecular weight excluding hydrogens is 354 g/mol. The number of hydrogen-bond acceptors (Lipinski definition) is 3. The van der Waals surface area contributed by atoms with Gasteiger partial charge in [-0.3, -0.25) is 0 Å². The number of hydrogen-bond donors (Lipinski definition) is 1. The molecule has 0 saturated heterocycles. The van der Waals surface area contributed by atoms with Crippen molar-refractivity contribution in [3.05, 3.63) is 22.8 Å². The molecule has 0 fully saturated rings. The van der Waals surface area contributed by atoms with Crippen LogP contribution in [0, 0.1) is 0 Å². The van der Waals surface area contributed by atoms with E-state index in [2.05, 4.69) is 20.9 Å². The summed E-state index contributed by atoms with van der Waals surface area (Å²) in [6, 6.07) is 3.81. The minimum Gasteiger partial charge on any atom is -0.478 e. The van der Waals surface area contributed by atoms with Crippen LogP contribution in [-0.2, 0) is 0 Å². The van der Waals surface area contributed by atoms with Gasteiger partial charge in [0.15, 0.2) is 0 Å². The van der Waals surface area contributed by atoms with Gasteiger partial charge in [0.2, 0.25) is 5.88 Å². The highest BCUT2D eigenvalue weighted by atomic mass is 79.9. The molecule has 0 amide bonds. The molecule has 4 heteroatoms. The average Bonchev–Trinajstić information content (AvgIpc) is 2.55. The summed E-state index contributed by atoms with van der Waals surface area (Å²) in [6.45, 7) is 1.11. The smallest absolute Gasteiger partial charge is 0.214 e. The summed E-state index contributed by atoms with van der Waals surface area (Å²) >= 11 is 3.42. The van der Waals surface area contributed by atoms with Crippen LogP contribution in [0.15, 0.2) is 22.8 Å². The van der Waals surface area contributed by atoms with Crippen molar-refractivity contribution in [1.29, 1.82) is 0 Å². The molecule has 0 aliphatic rings. The standard InChI is InChI=1S/C19H32BrNO2/c20-18-13-14-21-19(17-18)23-16-12-10-8-6-4-2-1-3-5-7-9-11-15-22/h13-14,17,22H,1-12,15-16H2. The van der Waals surface area contributed by atoms with Crippen LogP contribution >= 0.6 is 15.9 Å². The first-order chi connectivity index (χ1) is 11.3. The molecule has 0 atom stereocenters. The number of pyridine rings is 1. The molecule has 0 aliphatic heterocycles. The molecule has 23 heavy (non-hydrogen) atoms. The molecule has 0 saturated carbocycles. The second-order valence-corrected chi connectivity index (χ2v) is 7.04. The lowest BCUT2D eigenvalue weighted by Crippen LogP contribution is -1.98. The van der Waals surface area contributed by atoms with Gasteiger partial charge in [0.1, 0.15) is 0 Å². The average molecular weight is 386 g/mol. The minimum atomic E-state index is 0.352. The van der Waals surface area contributed by atoms with E-state index >= 15 is 0 Å². The molecule has 1 aromatic heterocycles. The Labute approximate surface area is 150 Å². The third kappa shape index (κ3) is 12.5. The van der Waals surface area contributed by atoms with E-state index in [0.29, 0.717) is 12.5 Å². The van der Waals surface area contributed by atoms with Gasteiger partial charge >= 0.3 is 0 Å². The summed E-state index contributed by atoms with van der Waals surface area (Å²) in [5.74, 6) is 0.707. The largest absolute Gasteiger partial charge is 0.478 e. The highest BCUT2D eigenvalue weighted by Gasteiger charge is 1.97. The first kappa shape index (κ1) is 20.4. The first-order valence-electron chi connectivity index (χ1n) is 9.18. The van der Waals surface area contributed by atoms with E-state index in [-0.39, 0.29) is 0 Å². The Kier molecular flexibility index (Phi) is 13.3. The van der Waals surface area contributed by atoms with E-state index < -0.39 is 0 Å². The Balaban J connectivity index is 1.78. The summed E-state index contributed by atoms with van der Waals surface area (Å²) in [5, 5.41) is 8.70. The van der Waals surface area contributed by atoms with Gasteiger partial charge in [0.05, 0.1) is 6.61 Å². The number of nitrogens with zero attached hydrogens (tertiary/aromatic N) is 1. The van der Waals surface area contributed by atoms with E-state index in [1.165, 1.54) is 64.2 Å². The summed E-state index contributed by atoms with van der Waals surface area (Å²) in [6.07, 6.45) is 17.0. The second kappa shape index (κ2) is 14.9. The second-order valence-electron chi connectivity index (χ2n) is 6.13. The zero-order chi connectivity index (χ0) is 16.6. The van der Waals surface area contributed by atoms with Gasteiger partial charge in [-0.05, 0) is 18.9 Å². The molecule has 0 radical (unpaired) electrons. The van der Waals surface area contributed by atoms with Crippen molar-refractivity contribution >= 4 is 15.9 Å². The van der Waals surface area contributed by atoms with E-state index in [1.807, 2.05) is 12.1 Å². The van der Waals surface area contributed by atoms with Crippen molar-refractivity contribution in [1.82, 2.24) is 4.98 Å². The molecule has 3 nitrogen and oxygen atoms in total. The topological polar surface area (TPSA) is 42.4 Å². The normalized spacial score (nSPS) is 10.9. The van der Waals surface area contributed by atoms with Crippen LogP contribution in [0.3, 0.4) is 0 Å². The predicted octanol–water partition coefficient (Wildman–Crippen LogP) is 5.90. The molecule has 0 unspecified atom stereocenters. The monoisotopic (exact) mass is 385 g/mol. The van der Waals surface area contributed by atoms with Gasteiger partial charge in [-0.15, -0.1) is 0 Å². The molecule has 1 aromatic rings. The van der Waals surface area contributed by atoms with Gasteiger partial charge < -0.3 is 9.84 Å². The predicted molar refractivity (Wildman–Crippen MR) is 99.9 cm³/mol. The molecule has 1 heterocycles. The van der Waals surface area contributed by atoms with Crippen molar-refractivity contribution in [3.63, 3.8) is 0 Å². The number of aliphatic hydroxyl groups is 1. The van der Waals surface area contributed by atoms with Gasteiger partial charge in [0, 0.05) is 23.3 Å². The van der Waals surface area contributed by atoms with Crippen molar-refractivity contribution < 1.29 is 9.84 Å². The maximum Gasteiger partial charge on any atom is 0.214 e. The minimum absolute atomic E-state index is 0.352. The summed E-state index contributed by atoms with van der Waals surface area (Å²) in [5.41, 5.74) is 0. The zero-order valence-corrected chi connectivity index (χ0v) is 15.9. The number of halogens is 1. The van der Waals surface area contributed by atoms with Crippen LogP contribution < -0.4 is 4.74 Å². The molecule has 1 N–H and O–H groups in total. The summed E-state index contributed by atoms with van der Waals surface area (Å²) < 4.78 is 6.64. The Bertz CT molecular complexity index is 387. The maximum absolute atomic E-state index is 8.70. The molecule has 0 aromatic carbocycles. The number of ether oxygens (including phenoxy) is 1. The van der Waals surface area contributed by atoms with E-state index in [0.717, 1.165) is 23.9 Å². The third-order valence-electron chi connectivity index (χ3n) is 4.00. The molecule has 0 bridgehead atoms. The zero-order valence-electron chi connectivity index (χ0n) is 14.3. The van der Waals surface area contributed by atoms with Gasteiger partial charge in [-0.1, -0.05) is 80.1 Å². The molecule has 132 valence electrons. The lowest BCUT2D eigenvalue weighted by molar-refractivity contribution is 0.282. The number of rotatable bonds is 15. The number of unbranched alkanes of at least 4 members (excludes halogenated alkanes) is 11. The van der Waals surface area contributed by atoms with Crippen molar-refractivity contribution in [2.75, 3.05) is 13.2 Å². The maximum atomic E-state index is 8.70.